The largest absolute Gasteiger partial charge is 0.313 e. The fourth-order valence-corrected chi connectivity index (χ4v) is 7.12. The summed E-state index contributed by atoms with van der Waals surface area (Å²) in [4.78, 5) is 13.2. The van der Waals surface area contributed by atoms with Crippen molar-refractivity contribution in [3.8, 4) is 0 Å². The van der Waals surface area contributed by atoms with Crippen molar-refractivity contribution in [2.45, 2.75) is 12.1 Å². The first-order valence-electron chi connectivity index (χ1n) is 10.0. The minimum absolute atomic E-state index is 0.00320. The average molecular weight is 410 g/mol. The summed E-state index contributed by atoms with van der Waals surface area (Å²) in [6.45, 7) is 0. The van der Waals surface area contributed by atoms with Crippen molar-refractivity contribution >= 4 is 23.5 Å². The van der Waals surface area contributed by atoms with Crippen LogP contribution in [-0.2, 0) is 4.57 Å². The Hall–Kier alpha value is -3.22. The number of hydrogen-bond donors (Lipinski definition) is 0. The van der Waals surface area contributed by atoms with Crippen molar-refractivity contribution < 1.29 is 9.36 Å². The lowest BCUT2D eigenvalue weighted by Crippen LogP contribution is -2.23. The third-order valence-corrected chi connectivity index (χ3v) is 8.87. The Kier molecular flexibility index (Phi) is 6.07. The Labute approximate surface area is 177 Å². The lowest BCUT2D eigenvalue weighted by molar-refractivity contribution is 0.0981. The monoisotopic (exact) mass is 410 g/mol. The number of rotatable bonds is 7. The molecular formula is C27H23O2P. The van der Waals surface area contributed by atoms with E-state index in [2.05, 4.69) is 0 Å². The summed E-state index contributed by atoms with van der Waals surface area (Å²) in [5.74, 6) is -0.00320. The van der Waals surface area contributed by atoms with Crippen LogP contribution in [0.5, 0.6) is 0 Å². The van der Waals surface area contributed by atoms with Crippen LogP contribution in [0.1, 0.15) is 28.0 Å². The molecule has 4 aromatic rings. The van der Waals surface area contributed by atoms with Gasteiger partial charge in [-0.25, -0.2) is 0 Å². The van der Waals surface area contributed by atoms with Gasteiger partial charge in [0, 0.05) is 22.6 Å². The fourth-order valence-electron chi connectivity index (χ4n) is 3.86. The first-order valence-corrected chi connectivity index (χ1v) is 11.8. The van der Waals surface area contributed by atoms with Gasteiger partial charge in [-0.05, 0) is 5.56 Å². The van der Waals surface area contributed by atoms with Gasteiger partial charge in [0.25, 0.3) is 0 Å². The van der Waals surface area contributed by atoms with E-state index in [1.807, 2.05) is 121 Å². The predicted octanol–water partition coefficient (Wildman–Crippen LogP) is 6.01. The molecule has 0 aliphatic heterocycles. The zero-order valence-corrected chi connectivity index (χ0v) is 17.5. The van der Waals surface area contributed by atoms with Crippen molar-refractivity contribution in [1.29, 1.82) is 0 Å². The number of carbonyl (C=O) groups is 1. The molecule has 0 N–H and O–H groups in total. The topological polar surface area (TPSA) is 34.1 Å². The summed E-state index contributed by atoms with van der Waals surface area (Å²) in [5.41, 5.74) is 1.11. The minimum atomic E-state index is -3.15. The Morgan fingerprint density at radius 1 is 0.600 bits per heavy atom. The molecule has 0 saturated heterocycles. The Morgan fingerprint density at radius 2 is 1.00 bits per heavy atom. The molecule has 0 bridgehead atoms. The maximum Gasteiger partial charge on any atom is 0.163 e. The molecule has 0 unspecified atom stereocenters. The second kappa shape index (κ2) is 9.07. The Balaban J connectivity index is 1.88. The summed E-state index contributed by atoms with van der Waals surface area (Å²) < 4.78 is 14.9. The van der Waals surface area contributed by atoms with Crippen molar-refractivity contribution in [2.75, 3.05) is 0 Å². The summed E-state index contributed by atoms with van der Waals surface area (Å²) >= 11 is 0. The molecule has 1 atom stereocenters. The molecule has 0 aliphatic rings. The molecule has 4 aromatic carbocycles. The lowest BCUT2D eigenvalue weighted by Gasteiger charge is -2.29. The Morgan fingerprint density at radius 3 is 1.47 bits per heavy atom. The molecular weight excluding hydrogens is 387 g/mol. The van der Waals surface area contributed by atoms with Gasteiger partial charge < -0.3 is 4.57 Å². The molecule has 0 aromatic heterocycles. The highest BCUT2D eigenvalue weighted by molar-refractivity contribution is 7.79. The molecule has 0 heterocycles. The second-order valence-corrected chi connectivity index (χ2v) is 10.2. The van der Waals surface area contributed by atoms with Gasteiger partial charge in [-0.15, -0.1) is 0 Å². The van der Waals surface area contributed by atoms with Crippen LogP contribution in [-0.4, -0.2) is 5.78 Å². The number of benzene rings is 4. The van der Waals surface area contributed by atoms with Crippen LogP contribution in [0.4, 0.5) is 0 Å². The van der Waals surface area contributed by atoms with Crippen LogP contribution in [0.15, 0.2) is 121 Å². The number of hydrogen-bond acceptors (Lipinski definition) is 2. The van der Waals surface area contributed by atoms with E-state index in [4.69, 9.17) is 0 Å². The molecule has 30 heavy (non-hydrogen) atoms. The molecule has 0 fully saturated rings. The molecule has 0 saturated carbocycles. The van der Waals surface area contributed by atoms with E-state index < -0.39 is 12.8 Å². The molecule has 148 valence electrons. The normalized spacial score (nSPS) is 12.3. The van der Waals surface area contributed by atoms with E-state index >= 15 is 0 Å². The van der Waals surface area contributed by atoms with Gasteiger partial charge in [-0.2, -0.15) is 0 Å². The third kappa shape index (κ3) is 4.06. The maximum atomic E-state index is 14.9. The number of Topliss-reactive ketones (excluding diaryl/α,β-unsaturated/α-hetero) is 1. The fraction of sp³-hybridized carbons (Fsp3) is 0.0741. The van der Waals surface area contributed by atoms with E-state index in [-0.39, 0.29) is 12.2 Å². The van der Waals surface area contributed by atoms with Crippen LogP contribution in [0.25, 0.3) is 0 Å². The zero-order chi connectivity index (χ0) is 20.8. The van der Waals surface area contributed by atoms with Crippen LogP contribution < -0.4 is 10.6 Å². The highest BCUT2D eigenvalue weighted by Gasteiger charge is 2.39. The van der Waals surface area contributed by atoms with E-state index in [9.17, 15) is 9.36 Å². The molecule has 2 nitrogen and oxygen atoms in total. The van der Waals surface area contributed by atoms with Gasteiger partial charge >= 0.3 is 0 Å². The summed E-state index contributed by atoms with van der Waals surface area (Å²) in [6.07, 6.45) is 0.176. The van der Waals surface area contributed by atoms with Gasteiger partial charge in [-0.1, -0.05) is 121 Å². The third-order valence-electron chi connectivity index (χ3n) is 5.38. The van der Waals surface area contributed by atoms with Gasteiger partial charge in [0.2, 0.25) is 0 Å². The maximum absolute atomic E-state index is 14.9. The second-order valence-electron chi connectivity index (χ2n) is 7.25. The SMILES string of the molecule is O=C(C[C@@H](c1ccccc1)P(=O)(c1ccccc1)c1ccccc1)c1ccccc1. The number of ketones is 1. The van der Waals surface area contributed by atoms with Crippen molar-refractivity contribution in [2.24, 2.45) is 0 Å². The van der Waals surface area contributed by atoms with Crippen LogP contribution in [0.3, 0.4) is 0 Å². The summed E-state index contributed by atoms with van der Waals surface area (Å²) in [7, 11) is -3.15. The quantitative estimate of drug-likeness (QED) is 0.276. The predicted molar refractivity (Wildman–Crippen MR) is 124 cm³/mol. The number of carbonyl (C=O) groups excluding carboxylic acids is 1. The van der Waals surface area contributed by atoms with Gasteiger partial charge in [0.1, 0.15) is 0 Å². The van der Waals surface area contributed by atoms with Crippen LogP contribution >= 0.6 is 7.14 Å². The smallest absolute Gasteiger partial charge is 0.163 e. The lowest BCUT2D eigenvalue weighted by atomic mass is 10.0. The van der Waals surface area contributed by atoms with Crippen LogP contribution in [0, 0.1) is 0 Å². The zero-order valence-electron chi connectivity index (χ0n) is 16.6. The van der Waals surface area contributed by atoms with Crippen molar-refractivity contribution in [3.05, 3.63) is 132 Å². The van der Waals surface area contributed by atoms with Crippen LogP contribution in [0.2, 0.25) is 0 Å². The molecule has 0 amide bonds. The van der Waals surface area contributed by atoms with Gasteiger partial charge in [-0.3, -0.25) is 4.79 Å². The Bertz CT molecular complexity index is 1100. The molecule has 0 radical (unpaired) electrons. The van der Waals surface area contributed by atoms with E-state index in [1.54, 1.807) is 0 Å². The highest BCUT2D eigenvalue weighted by atomic mass is 31.2. The average Bonchev–Trinajstić information content (AvgIpc) is 2.84. The van der Waals surface area contributed by atoms with E-state index in [0.717, 1.165) is 16.2 Å². The van der Waals surface area contributed by atoms with E-state index in [1.165, 1.54) is 0 Å². The molecule has 0 aliphatic carbocycles. The first-order chi connectivity index (χ1) is 14.7. The molecule has 4 rings (SSSR count). The van der Waals surface area contributed by atoms with Crippen molar-refractivity contribution in [1.82, 2.24) is 0 Å². The standard InChI is InChI=1S/C27H23O2P/c28-26(22-13-5-1-6-14-22)21-27(23-15-7-2-8-16-23)30(29,24-17-9-3-10-18-24)25-19-11-4-12-20-25/h1-20,27H,21H2/t27-/m0/s1. The van der Waals surface area contributed by atoms with E-state index in [0.29, 0.717) is 5.56 Å². The minimum Gasteiger partial charge on any atom is -0.313 e. The summed E-state index contributed by atoms with van der Waals surface area (Å²) in [5, 5.41) is 1.54. The first kappa shape index (κ1) is 20.1. The summed E-state index contributed by atoms with van der Waals surface area (Å²) in [6, 6.07) is 38.2. The molecule has 3 heteroatoms. The van der Waals surface area contributed by atoms with Gasteiger partial charge in [0.05, 0.1) is 5.66 Å². The van der Waals surface area contributed by atoms with Crippen molar-refractivity contribution in [3.63, 3.8) is 0 Å². The highest BCUT2D eigenvalue weighted by Crippen LogP contribution is 2.59. The molecule has 0 spiro atoms. The van der Waals surface area contributed by atoms with Gasteiger partial charge in [0.15, 0.2) is 12.9 Å².